The first kappa shape index (κ1) is 7.03. The predicted molar refractivity (Wildman–Crippen MR) is 46.7 cm³/mol. The molecule has 2 nitrogen and oxygen atoms in total. The van der Waals surface area contributed by atoms with E-state index < -0.39 is 0 Å². The number of hydrogen-bond acceptors (Lipinski definition) is 2. The van der Waals surface area contributed by atoms with Gasteiger partial charge in [-0.2, -0.15) is 0 Å². The van der Waals surface area contributed by atoms with Gasteiger partial charge >= 0.3 is 0 Å². The third-order valence-electron chi connectivity index (χ3n) is 1.73. The summed E-state index contributed by atoms with van der Waals surface area (Å²) in [5.41, 5.74) is 2.22. The number of aliphatic imine (C=N–C) groups is 1. The van der Waals surface area contributed by atoms with E-state index in [4.69, 9.17) is 0 Å². The highest BCUT2D eigenvalue weighted by Gasteiger charge is 2.08. The number of halogens is 1. The molecule has 1 aromatic rings. The highest BCUT2D eigenvalue weighted by Crippen LogP contribution is 2.26. The van der Waals surface area contributed by atoms with Gasteiger partial charge in [-0.25, -0.2) is 9.38 Å². The van der Waals surface area contributed by atoms with E-state index in [2.05, 4.69) is 16.9 Å². The van der Waals surface area contributed by atoms with E-state index in [1.54, 1.807) is 6.07 Å². The van der Waals surface area contributed by atoms with E-state index in [1.165, 1.54) is 18.5 Å². The summed E-state index contributed by atoms with van der Waals surface area (Å²) in [4.78, 5) is 3.97. The van der Waals surface area contributed by atoms with Gasteiger partial charge in [0.25, 0.3) is 0 Å². The van der Waals surface area contributed by atoms with Gasteiger partial charge in [-0.15, -0.1) is 0 Å². The van der Waals surface area contributed by atoms with Crippen LogP contribution in [0.4, 0.5) is 10.1 Å². The molecule has 0 atom stereocenters. The molecule has 1 aromatic carbocycles. The molecule has 0 amide bonds. The van der Waals surface area contributed by atoms with E-state index in [1.807, 2.05) is 0 Å². The lowest BCUT2D eigenvalue weighted by atomic mass is 10.1. The van der Waals surface area contributed by atoms with Gasteiger partial charge in [-0.1, -0.05) is 6.58 Å². The molecule has 0 aromatic heterocycles. The summed E-state index contributed by atoms with van der Waals surface area (Å²) >= 11 is 0. The summed E-state index contributed by atoms with van der Waals surface area (Å²) in [5.74, 6) is -0.277. The molecule has 0 unspecified atom stereocenters. The fraction of sp³-hybridized carbons (Fsp3) is 0. The normalized spacial score (nSPS) is 13.9. The maximum absolute atomic E-state index is 12.7. The van der Waals surface area contributed by atoms with Crippen molar-refractivity contribution in [3.05, 3.63) is 36.2 Å². The van der Waals surface area contributed by atoms with Crippen LogP contribution in [0.1, 0.15) is 5.56 Å². The Bertz CT molecular complexity index is 369. The van der Waals surface area contributed by atoms with Crippen LogP contribution in [0, 0.1) is 5.82 Å². The van der Waals surface area contributed by atoms with Crippen molar-refractivity contribution < 1.29 is 4.39 Å². The van der Waals surface area contributed by atoms with E-state index in [0.717, 1.165) is 11.3 Å². The Labute approximate surface area is 69.4 Å². The summed E-state index contributed by atoms with van der Waals surface area (Å²) < 4.78 is 12.7. The van der Waals surface area contributed by atoms with Gasteiger partial charge in [0, 0.05) is 17.3 Å². The second-order valence-corrected chi connectivity index (χ2v) is 2.54. The first-order valence-corrected chi connectivity index (χ1v) is 3.55. The van der Waals surface area contributed by atoms with Crippen molar-refractivity contribution in [3.63, 3.8) is 0 Å². The van der Waals surface area contributed by atoms with E-state index in [9.17, 15) is 4.39 Å². The Morgan fingerprint density at radius 3 is 3.08 bits per heavy atom. The van der Waals surface area contributed by atoms with E-state index in [0.29, 0.717) is 5.69 Å². The summed E-state index contributed by atoms with van der Waals surface area (Å²) in [6.45, 7) is 3.76. The molecule has 0 aliphatic carbocycles. The molecule has 2 rings (SSSR count). The summed E-state index contributed by atoms with van der Waals surface area (Å²) in [5, 5.41) is 2.85. The number of fused-ring (bicyclic) bond motifs is 1. The zero-order valence-corrected chi connectivity index (χ0v) is 6.34. The molecule has 3 heteroatoms. The van der Waals surface area contributed by atoms with Crippen molar-refractivity contribution >= 4 is 17.7 Å². The highest BCUT2D eigenvalue weighted by molar-refractivity contribution is 5.85. The van der Waals surface area contributed by atoms with Crippen LogP contribution >= 0.6 is 0 Å². The Hall–Kier alpha value is -1.64. The molecule has 0 fully saturated rings. The minimum Gasteiger partial charge on any atom is -0.346 e. The highest BCUT2D eigenvalue weighted by atomic mass is 19.1. The van der Waals surface area contributed by atoms with Crippen LogP contribution in [0.3, 0.4) is 0 Å². The van der Waals surface area contributed by atoms with Crippen molar-refractivity contribution in [2.75, 3.05) is 0 Å². The largest absolute Gasteiger partial charge is 0.346 e. The molecular weight excluding hydrogens is 155 g/mol. The second-order valence-electron chi connectivity index (χ2n) is 2.54. The van der Waals surface area contributed by atoms with Crippen molar-refractivity contribution in [1.29, 1.82) is 0 Å². The molecule has 0 radical (unpaired) electrons. The number of benzene rings is 1. The second kappa shape index (κ2) is 2.44. The van der Waals surface area contributed by atoms with Gasteiger partial charge in [0.2, 0.25) is 0 Å². The minimum absolute atomic E-state index is 0.277. The van der Waals surface area contributed by atoms with Crippen LogP contribution in [0.2, 0.25) is 0 Å². The van der Waals surface area contributed by atoms with E-state index in [-0.39, 0.29) is 5.82 Å². The van der Waals surface area contributed by atoms with Gasteiger partial charge in [0.15, 0.2) is 0 Å². The van der Waals surface area contributed by atoms with Gasteiger partial charge in [0.05, 0.1) is 12.0 Å². The van der Waals surface area contributed by atoms with Crippen LogP contribution < -0.4 is 5.32 Å². The van der Waals surface area contributed by atoms with Crippen molar-refractivity contribution in [2.45, 2.75) is 0 Å². The quantitative estimate of drug-likeness (QED) is 0.620. The molecule has 1 N–H and O–H groups in total. The number of nitrogens with zero attached hydrogens (tertiary/aromatic N) is 1. The standard InChI is InChI=1S/C9H7FN2/c1-6-8-3-2-7(10)4-9(8)12-5-11-6/h2-5H,1H2,(H,11,12). The fourth-order valence-electron chi connectivity index (χ4n) is 1.12. The van der Waals surface area contributed by atoms with Crippen molar-refractivity contribution in [3.8, 4) is 0 Å². The molecule has 0 saturated carbocycles. The third kappa shape index (κ3) is 0.993. The summed E-state index contributed by atoms with van der Waals surface area (Å²) in [6, 6.07) is 4.45. The third-order valence-corrected chi connectivity index (χ3v) is 1.73. The first-order valence-electron chi connectivity index (χ1n) is 3.55. The Morgan fingerprint density at radius 2 is 2.25 bits per heavy atom. The van der Waals surface area contributed by atoms with Crippen LogP contribution in [-0.2, 0) is 0 Å². The van der Waals surface area contributed by atoms with Crippen molar-refractivity contribution in [2.24, 2.45) is 4.99 Å². The SMILES string of the molecule is C=C1NC=Nc2cc(F)ccc21. The Balaban J connectivity index is 2.62. The predicted octanol–water partition coefficient (Wildman–Crippen LogP) is 2.06. The van der Waals surface area contributed by atoms with Crippen molar-refractivity contribution in [1.82, 2.24) is 5.32 Å². The van der Waals surface area contributed by atoms with Gasteiger partial charge in [-0.3, -0.25) is 0 Å². The first-order chi connectivity index (χ1) is 5.77. The average molecular weight is 162 g/mol. The number of nitrogens with one attached hydrogen (secondary N) is 1. The zero-order valence-electron chi connectivity index (χ0n) is 6.34. The van der Waals surface area contributed by atoms with Gasteiger partial charge in [-0.05, 0) is 12.1 Å². The molecular formula is C9H7FN2. The maximum Gasteiger partial charge on any atom is 0.125 e. The number of hydrogen-bond donors (Lipinski definition) is 1. The molecule has 1 aliphatic heterocycles. The monoisotopic (exact) mass is 162 g/mol. The maximum atomic E-state index is 12.7. The van der Waals surface area contributed by atoms with Crippen LogP contribution in [0.15, 0.2) is 29.8 Å². The smallest absolute Gasteiger partial charge is 0.125 e. The number of rotatable bonds is 0. The zero-order chi connectivity index (χ0) is 8.55. The average Bonchev–Trinajstić information content (AvgIpc) is 2.04. The molecule has 12 heavy (non-hydrogen) atoms. The molecule has 1 aliphatic rings. The molecule has 0 spiro atoms. The van der Waals surface area contributed by atoms with Crippen LogP contribution in [0.5, 0.6) is 0 Å². The molecule has 0 bridgehead atoms. The van der Waals surface area contributed by atoms with Gasteiger partial charge < -0.3 is 5.32 Å². The molecule has 0 saturated heterocycles. The lowest BCUT2D eigenvalue weighted by molar-refractivity contribution is 0.628. The summed E-state index contributed by atoms with van der Waals surface area (Å²) in [6.07, 6.45) is 1.50. The van der Waals surface area contributed by atoms with Gasteiger partial charge in [0.1, 0.15) is 5.82 Å². The van der Waals surface area contributed by atoms with Crippen LogP contribution in [0.25, 0.3) is 5.70 Å². The molecule has 1 heterocycles. The minimum atomic E-state index is -0.277. The summed E-state index contributed by atoms with van der Waals surface area (Å²) in [7, 11) is 0. The lowest BCUT2D eigenvalue weighted by Gasteiger charge is -2.12. The van der Waals surface area contributed by atoms with Crippen LogP contribution in [-0.4, -0.2) is 6.34 Å². The Morgan fingerprint density at radius 1 is 1.42 bits per heavy atom. The Kier molecular flexibility index (Phi) is 1.43. The lowest BCUT2D eigenvalue weighted by Crippen LogP contribution is -2.11. The molecule has 60 valence electrons. The van der Waals surface area contributed by atoms with E-state index >= 15 is 0 Å². The fourth-order valence-corrected chi connectivity index (χ4v) is 1.12. The topological polar surface area (TPSA) is 24.4 Å².